The number of nitrogens with zero attached hydrogens (tertiary/aromatic N) is 3. The zero-order valence-corrected chi connectivity index (χ0v) is 13.1. The first-order valence-electron chi connectivity index (χ1n) is 6.97. The summed E-state index contributed by atoms with van der Waals surface area (Å²) >= 11 is 5.80. The number of aliphatic hydroxyl groups is 1. The van der Waals surface area contributed by atoms with E-state index in [0.29, 0.717) is 10.6 Å². The van der Waals surface area contributed by atoms with Gasteiger partial charge in [-0.25, -0.2) is 18.4 Å². The molecule has 1 fully saturated rings. The summed E-state index contributed by atoms with van der Waals surface area (Å²) in [6, 6.07) is 6.63. The molecule has 0 saturated heterocycles. The van der Waals surface area contributed by atoms with Crippen LogP contribution in [0.3, 0.4) is 0 Å². The number of hydrogen-bond donors (Lipinski definition) is 1. The van der Waals surface area contributed by atoms with E-state index in [1.807, 2.05) is 0 Å². The molecule has 0 amide bonds. The summed E-state index contributed by atoms with van der Waals surface area (Å²) < 4.78 is 28.9. The zero-order chi connectivity index (χ0) is 16.7. The molecule has 120 valence electrons. The van der Waals surface area contributed by atoms with Crippen LogP contribution in [-0.4, -0.2) is 31.4 Å². The summed E-state index contributed by atoms with van der Waals surface area (Å²) in [5, 5.41) is 15.3. The normalized spacial score (nSPS) is 24.4. The molecule has 4 nitrogen and oxygen atoms in total. The van der Waals surface area contributed by atoms with Crippen molar-refractivity contribution >= 4 is 11.6 Å². The van der Waals surface area contributed by atoms with Crippen molar-refractivity contribution in [1.29, 1.82) is 0 Å². The lowest BCUT2D eigenvalue weighted by Crippen LogP contribution is -2.44. The molecule has 7 heteroatoms. The lowest BCUT2D eigenvalue weighted by molar-refractivity contribution is -0.0505. The van der Waals surface area contributed by atoms with Gasteiger partial charge in [0.25, 0.3) is 5.92 Å². The third-order valence-electron chi connectivity index (χ3n) is 4.29. The number of alkyl halides is 2. The van der Waals surface area contributed by atoms with E-state index in [1.165, 1.54) is 24.3 Å². The molecule has 3 rings (SSSR count). The van der Waals surface area contributed by atoms with Crippen molar-refractivity contribution in [3.8, 4) is 11.8 Å². The van der Waals surface area contributed by atoms with Crippen molar-refractivity contribution in [3.63, 3.8) is 0 Å². The van der Waals surface area contributed by atoms with Crippen LogP contribution < -0.4 is 0 Å². The van der Waals surface area contributed by atoms with Gasteiger partial charge in [0.05, 0.1) is 12.0 Å². The Bertz CT molecular complexity index is 767. The molecule has 2 aromatic rings. The summed E-state index contributed by atoms with van der Waals surface area (Å²) in [6.45, 7) is 1.15. The molecule has 1 saturated carbocycles. The summed E-state index contributed by atoms with van der Waals surface area (Å²) in [4.78, 5) is 3.76. The Kier molecular flexibility index (Phi) is 3.66. The molecular weight excluding hydrogens is 324 g/mol. The van der Waals surface area contributed by atoms with E-state index in [9.17, 15) is 13.9 Å². The smallest absolute Gasteiger partial charge is 0.258 e. The fourth-order valence-corrected chi connectivity index (χ4v) is 2.58. The van der Waals surface area contributed by atoms with Crippen LogP contribution in [0, 0.1) is 17.3 Å². The maximum Gasteiger partial charge on any atom is 0.258 e. The molecule has 0 bridgehead atoms. The predicted molar refractivity (Wildman–Crippen MR) is 81.0 cm³/mol. The molecule has 1 aliphatic rings. The zero-order valence-electron chi connectivity index (χ0n) is 12.3. The van der Waals surface area contributed by atoms with Crippen LogP contribution in [0.2, 0.25) is 5.02 Å². The van der Waals surface area contributed by atoms with Crippen LogP contribution in [0.5, 0.6) is 0 Å². The fourth-order valence-electron chi connectivity index (χ4n) is 2.46. The molecule has 23 heavy (non-hydrogen) atoms. The number of halogens is 3. The minimum absolute atomic E-state index is 0.181. The maximum absolute atomic E-state index is 13.8. The lowest BCUT2D eigenvalue weighted by Gasteiger charge is -2.29. The second kappa shape index (κ2) is 5.29. The molecule has 1 aliphatic carbocycles. The Morgan fingerprint density at radius 1 is 1.39 bits per heavy atom. The van der Waals surface area contributed by atoms with E-state index < -0.39 is 23.4 Å². The average Bonchev–Trinajstić information content (AvgIpc) is 2.86. The SMILES string of the molecule is CC1(C(O)(C#Cc2ccc(Cl)cc2)Cn2cncn2)CC1(F)F. The first-order chi connectivity index (χ1) is 10.8. The highest BCUT2D eigenvalue weighted by Crippen LogP contribution is 2.66. The Morgan fingerprint density at radius 2 is 2.04 bits per heavy atom. The van der Waals surface area contributed by atoms with Gasteiger partial charge in [0.15, 0.2) is 5.60 Å². The highest BCUT2D eigenvalue weighted by molar-refractivity contribution is 6.30. The van der Waals surface area contributed by atoms with E-state index in [-0.39, 0.29) is 6.54 Å². The molecule has 2 unspecified atom stereocenters. The van der Waals surface area contributed by atoms with Crippen molar-refractivity contribution in [2.24, 2.45) is 5.41 Å². The quantitative estimate of drug-likeness (QED) is 0.876. The minimum atomic E-state index is -2.96. The van der Waals surface area contributed by atoms with E-state index in [4.69, 9.17) is 11.6 Å². The monoisotopic (exact) mass is 337 g/mol. The van der Waals surface area contributed by atoms with Gasteiger partial charge in [-0.3, -0.25) is 0 Å². The largest absolute Gasteiger partial charge is 0.375 e. The maximum atomic E-state index is 13.8. The van der Waals surface area contributed by atoms with Crippen molar-refractivity contribution in [2.45, 2.75) is 31.4 Å². The van der Waals surface area contributed by atoms with Gasteiger partial charge in [0.1, 0.15) is 12.7 Å². The Morgan fingerprint density at radius 3 is 2.57 bits per heavy atom. The molecule has 1 heterocycles. The molecule has 2 atom stereocenters. The van der Waals surface area contributed by atoms with E-state index in [0.717, 1.165) is 0 Å². The highest BCUT2D eigenvalue weighted by Gasteiger charge is 2.76. The molecular formula is C16H14ClF2N3O. The van der Waals surface area contributed by atoms with Gasteiger partial charge in [0.2, 0.25) is 0 Å². The summed E-state index contributed by atoms with van der Waals surface area (Å²) in [5.74, 6) is 2.42. The number of rotatable bonds is 3. The molecule has 1 aromatic carbocycles. The topological polar surface area (TPSA) is 50.9 Å². The van der Waals surface area contributed by atoms with Crippen molar-refractivity contribution in [1.82, 2.24) is 14.8 Å². The number of hydrogen-bond acceptors (Lipinski definition) is 3. The van der Waals surface area contributed by atoms with E-state index in [2.05, 4.69) is 21.9 Å². The average molecular weight is 338 g/mol. The van der Waals surface area contributed by atoms with Gasteiger partial charge >= 0.3 is 0 Å². The molecule has 1 aromatic heterocycles. The van der Waals surface area contributed by atoms with Crippen molar-refractivity contribution in [2.75, 3.05) is 0 Å². The lowest BCUT2D eigenvalue weighted by atomic mass is 9.85. The van der Waals surface area contributed by atoms with Crippen LogP contribution in [0.4, 0.5) is 8.78 Å². The summed E-state index contributed by atoms with van der Waals surface area (Å²) in [7, 11) is 0. The van der Waals surface area contributed by atoms with Crippen LogP contribution in [0.25, 0.3) is 0 Å². The van der Waals surface area contributed by atoms with Crippen LogP contribution in [0.1, 0.15) is 18.9 Å². The van der Waals surface area contributed by atoms with Crippen molar-refractivity contribution in [3.05, 3.63) is 47.5 Å². The van der Waals surface area contributed by atoms with Gasteiger partial charge in [-0.15, -0.1) is 0 Å². The Labute approximate surface area is 137 Å². The van der Waals surface area contributed by atoms with Gasteiger partial charge in [-0.1, -0.05) is 23.4 Å². The predicted octanol–water partition coefficient (Wildman–Crippen LogP) is 2.76. The number of benzene rings is 1. The molecule has 0 aliphatic heterocycles. The van der Waals surface area contributed by atoms with Gasteiger partial charge < -0.3 is 5.11 Å². The summed E-state index contributed by atoms with van der Waals surface area (Å²) in [6.07, 6.45) is 2.22. The van der Waals surface area contributed by atoms with Gasteiger partial charge in [-0.05, 0) is 31.2 Å². The van der Waals surface area contributed by atoms with Gasteiger partial charge in [0, 0.05) is 17.0 Å². The minimum Gasteiger partial charge on any atom is -0.375 e. The fraction of sp³-hybridized carbons (Fsp3) is 0.375. The Balaban J connectivity index is 1.95. The van der Waals surface area contributed by atoms with Crippen LogP contribution in [-0.2, 0) is 6.54 Å². The standard InChI is InChI=1S/C16H14ClF2N3O/c1-14(8-16(14,18)19)15(23,9-22-11-20-10-21-22)7-6-12-2-4-13(17)5-3-12/h2-5,10-11,23H,8-9H2,1H3. The second-order valence-electron chi connectivity index (χ2n) is 5.92. The van der Waals surface area contributed by atoms with Crippen LogP contribution >= 0.6 is 11.6 Å². The molecule has 0 spiro atoms. The third-order valence-corrected chi connectivity index (χ3v) is 4.54. The Hall–Kier alpha value is -1.97. The summed E-state index contributed by atoms with van der Waals surface area (Å²) in [5.41, 5.74) is -2.96. The first-order valence-corrected chi connectivity index (χ1v) is 7.35. The van der Waals surface area contributed by atoms with Gasteiger partial charge in [-0.2, -0.15) is 5.10 Å². The molecule has 1 N–H and O–H groups in total. The molecule has 0 radical (unpaired) electrons. The number of aromatic nitrogens is 3. The first kappa shape index (κ1) is 15.9. The van der Waals surface area contributed by atoms with Crippen LogP contribution in [0.15, 0.2) is 36.9 Å². The van der Waals surface area contributed by atoms with E-state index >= 15 is 0 Å². The van der Waals surface area contributed by atoms with E-state index in [1.54, 1.807) is 24.3 Å². The third kappa shape index (κ3) is 2.82. The second-order valence-corrected chi connectivity index (χ2v) is 6.36. The highest BCUT2D eigenvalue weighted by atomic mass is 35.5. The van der Waals surface area contributed by atoms with Crippen molar-refractivity contribution < 1.29 is 13.9 Å².